The molecule has 0 aliphatic rings. The van der Waals surface area contributed by atoms with Gasteiger partial charge in [0.2, 0.25) is 5.91 Å². The number of hydrogen-bond donors (Lipinski definition) is 0. The zero-order valence-electron chi connectivity index (χ0n) is 12.3. The van der Waals surface area contributed by atoms with Gasteiger partial charge in [-0.25, -0.2) is 4.39 Å². The van der Waals surface area contributed by atoms with Crippen molar-refractivity contribution >= 4 is 11.9 Å². The quantitative estimate of drug-likeness (QED) is 0.354. The Hall–Kier alpha value is -0.130. The molecule has 0 aliphatic heterocycles. The van der Waals surface area contributed by atoms with E-state index in [-0.39, 0.29) is 36.0 Å². The van der Waals surface area contributed by atoms with E-state index in [0.29, 0.717) is 19.4 Å². The third kappa shape index (κ3) is 11.4. The summed E-state index contributed by atoms with van der Waals surface area (Å²) in [4.78, 5) is 23.3. The summed E-state index contributed by atoms with van der Waals surface area (Å²) >= 11 is 0. The Labute approximate surface area is 137 Å². The predicted octanol–water partition coefficient (Wildman–Crippen LogP) is -1.71. The number of unbranched alkanes of at least 4 members (excludes halogenated alkanes) is 2. The second-order valence-electron chi connectivity index (χ2n) is 4.48. The summed E-state index contributed by atoms with van der Waals surface area (Å²) in [6.45, 7) is 3.74. The van der Waals surface area contributed by atoms with Crippen molar-refractivity contribution in [1.29, 1.82) is 0 Å². The Balaban J connectivity index is 0. The Kier molecular flexibility index (Phi) is 14.4. The first kappa shape index (κ1) is 21.2. The zero-order valence-corrected chi connectivity index (χ0v) is 14.3. The van der Waals surface area contributed by atoms with Gasteiger partial charge in [0, 0.05) is 6.54 Å². The Morgan fingerprint density at radius 3 is 2.32 bits per heavy atom. The van der Waals surface area contributed by atoms with Crippen LogP contribution >= 0.6 is 0 Å². The summed E-state index contributed by atoms with van der Waals surface area (Å²) in [6.07, 6.45) is 2.33. The molecule has 0 rings (SSSR count). The van der Waals surface area contributed by atoms with Crippen molar-refractivity contribution in [3.8, 4) is 0 Å². The third-order valence-corrected chi connectivity index (χ3v) is 2.68. The maximum atomic E-state index is 13.5. The number of carbonyl (C=O) groups excluding carboxylic acids is 2. The fraction of sp³-hybridized carbons (Fsp3) is 0.846. The number of carboxylic acids is 1. The van der Waals surface area contributed by atoms with Crippen molar-refractivity contribution in [2.75, 3.05) is 13.1 Å². The molecular formula is C13H23FNNaO3. The summed E-state index contributed by atoms with van der Waals surface area (Å²) in [5.41, 5.74) is 0. The molecule has 0 radical (unpaired) electrons. The Bertz CT molecular complexity index is 264. The summed E-state index contributed by atoms with van der Waals surface area (Å²) < 4.78 is 13.5. The molecule has 0 bridgehead atoms. The average molecular weight is 283 g/mol. The summed E-state index contributed by atoms with van der Waals surface area (Å²) in [5.74, 6) is -1.75. The molecule has 19 heavy (non-hydrogen) atoms. The van der Waals surface area contributed by atoms with Crippen molar-refractivity contribution < 1.29 is 48.6 Å². The number of rotatable bonds is 10. The zero-order chi connectivity index (χ0) is 14.0. The maximum absolute atomic E-state index is 13.5. The second kappa shape index (κ2) is 12.9. The fourth-order valence-corrected chi connectivity index (χ4v) is 1.75. The molecule has 0 aromatic heterocycles. The maximum Gasteiger partial charge on any atom is 1.00 e. The summed E-state index contributed by atoms with van der Waals surface area (Å²) in [5, 5.41) is 10.5. The van der Waals surface area contributed by atoms with Gasteiger partial charge in [-0.3, -0.25) is 4.79 Å². The number of carboxylic acid groups (broad SMARTS) is 1. The van der Waals surface area contributed by atoms with E-state index < -0.39 is 24.6 Å². The van der Waals surface area contributed by atoms with Crippen LogP contribution in [-0.4, -0.2) is 36.0 Å². The van der Waals surface area contributed by atoms with Crippen molar-refractivity contribution in [1.82, 2.24) is 4.90 Å². The molecule has 0 saturated heterocycles. The number of carbonyl (C=O) groups is 2. The molecule has 1 amide bonds. The monoisotopic (exact) mass is 283 g/mol. The van der Waals surface area contributed by atoms with Crippen LogP contribution in [0.4, 0.5) is 4.39 Å². The molecule has 0 aromatic carbocycles. The van der Waals surface area contributed by atoms with E-state index in [4.69, 9.17) is 0 Å². The van der Waals surface area contributed by atoms with Crippen molar-refractivity contribution in [2.45, 2.75) is 58.5 Å². The molecule has 0 fully saturated rings. The molecule has 0 aliphatic carbocycles. The minimum absolute atomic E-state index is 0. The van der Waals surface area contributed by atoms with Crippen LogP contribution in [0.25, 0.3) is 0 Å². The van der Waals surface area contributed by atoms with Gasteiger partial charge in [-0.2, -0.15) is 0 Å². The second-order valence-corrected chi connectivity index (χ2v) is 4.48. The van der Waals surface area contributed by atoms with Gasteiger partial charge in [0.05, 0.1) is 18.9 Å². The van der Waals surface area contributed by atoms with E-state index in [1.165, 1.54) is 0 Å². The minimum Gasteiger partial charge on any atom is -0.548 e. The van der Waals surface area contributed by atoms with Crippen molar-refractivity contribution in [3.63, 3.8) is 0 Å². The molecule has 0 spiro atoms. The van der Waals surface area contributed by atoms with Gasteiger partial charge in [0.1, 0.15) is 6.17 Å². The average Bonchev–Trinajstić information content (AvgIpc) is 2.28. The van der Waals surface area contributed by atoms with Crippen LogP contribution < -0.4 is 34.7 Å². The molecule has 0 saturated carbocycles. The van der Waals surface area contributed by atoms with Gasteiger partial charge in [-0.05, 0) is 12.8 Å². The SMILES string of the molecule is CCCCCC(F)CC(=O)N(CCC)CC(=O)[O-].[Na+]. The molecule has 4 nitrogen and oxygen atoms in total. The van der Waals surface area contributed by atoms with Crippen LogP contribution in [0.15, 0.2) is 0 Å². The van der Waals surface area contributed by atoms with Crippen LogP contribution in [0, 0.1) is 0 Å². The third-order valence-electron chi connectivity index (χ3n) is 2.68. The summed E-state index contributed by atoms with van der Waals surface area (Å²) in [7, 11) is 0. The molecule has 106 valence electrons. The normalized spacial score (nSPS) is 11.5. The Morgan fingerprint density at radius 1 is 1.21 bits per heavy atom. The molecule has 1 unspecified atom stereocenters. The number of nitrogens with zero attached hydrogens (tertiary/aromatic N) is 1. The largest absolute Gasteiger partial charge is 1.00 e. The number of hydrogen-bond acceptors (Lipinski definition) is 3. The van der Waals surface area contributed by atoms with Gasteiger partial charge in [0.15, 0.2) is 0 Å². The number of halogens is 1. The predicted molar refractivity (Wildman–Crippen MR) is 65.5 cm³/mol. The first-order chi connectivity index (χ1) is 8.51. The van der Waals surface area contributed by atoms with E-state index in [0.717, 1.165) is 24.2 Å². The number of aliphatic carboxylic acids is 1. The Morgan fingerprint density at radius 2 is 1.84 bits per heavy atom. The van der Waals surface area contributed by atoms with Gasteiger partial charge in [-0.15, -0.1) is 0 Å². The van der Waals surface area contributed by atoms with Gasteiger partial charge < -0.3 is 14.8 Å². The van der Waals surface area contributed by atoms with Crippen LogP contribution in [0.5, 0.6) is 0 Å². The van der Waals surface area contributed by atoms with Crippen molar-refractivity contribution in [2.24, 2.45) is 0 Å². The van der Waals surface area contributed by atoms with E-state index in [9.17, 15) is 19.1 Å². The van der Waals surface area contributed by atoms with E-state index >= 15 is 0 Å². The topological polar surface area (TPSA) is 60.4 Å². The van der Waals surface area contributed by atoms with Crippen LogP contribution in [0.2, 0.25) is 0 Å². The standard InChI is InChI=1S/C13H24FNO3.Na/c1-3-5-6-7-11(14)9-12(16)15(8-4-2)10-13(17)18;/h11H,3-10H2,1-2H3,(H,17,18);/q;+1/p-1. The smallest absolute Gasteiger partial charge is 0.548 e. The fourth-order valence-electron chi connectivity index (χ4n) is 1.75. The minimum atomic E-state index is -1.31. The molecule has 0 N–H and O–H groups in total. The molecule has 0 heterocycles. The molecule has 0 aromatic rings. The van der Waals surface area contributed by atoms with Crippen LogP contribution in [-0.2, 0) is 9.59 Å². The van der Waals surface area contributed by atoms with E-state index in [1.807, 2.05) is 13.8 Å². The van der Waals surface area contributed by atoms with Gasteiger partial charge >= 0.3 is 29.6 Å². The van der Waals surface area contributed by atoms with E-state index in [1.54, 1.807) is 0 Å². The number of amides is 1. The van der Waals surface area contributed by atoms with Crippen LogP contribution in [0.3, 0.4) is 0 Å². The van der Waals surface area contributed by atoms with E-state index in [2.05, 4.69) is 0 Å². The molecule has 6 heteroatoms. The van der Waals surface area contributed by atoms with Crippen LogP contribution in [0.1, 0.15) is 52.4 Å². The summed E-state index contributed by atoms with van der Waals surface area (Å²) in [6, 6.07) is 0. The van der Waals surface area contributed by atoms with Crippen molar-refractivity contribution in [3.05, 3.63) is 0 Å². The first-order valence-corrected chi connectivity index (χ1v) is 6.62. The first-order valence-electron chi connectivity index (χ1n) is 6.62. The number of alkyl halides is 1. The molecule has 1 atom stereocenters. The molecular weight excluding hydrogens is 260 g/mol. The van der Waals surface area contributed by atoms with Gasteiger partial charge in [0.25, 0.3) is 0 Å². The van der Waals surface area contributed by atoms with Gasteiger partial charge in [-0.1, -0.05) is 33.1 Å².